The topological polar surface area (TPSA) is 24.9 Å². The summed E-state index contributed by atoms with van der Waals surface area (Å²) in [7, 11) is 1.91. The molecule has 12 heavy (non-hydrogen) atoms. The molecule has 1 heterocycles. The van der Waals surface area contributed by atoms with Crippen LogP contribution in [-0.2, 0) is 0 Å². The first-order valence-corrected chi connectivity index (χ1v) is 4.52. The van der Waals surface area contributed by atoms with Crippen molar-refractivity contribution < 1.29 is 0 Å². The van der Waals surface area contributed by atoms with Gasteiger partial charge in [0.05, 0.1) is 0 Å². The third kappa shape index (κ3) is 1.39. The van der Waals surface area contributed by atoms with E-state index >= 15 is 0 Å². The summed E-state index contributed by atoms with van der Waals surface area (Å²) in [6, 6.07) is 1.88. The lowest BCUT2D eigenvalue weighted by atomic mass is 10.1. The molecule has 2 nitrogen and oxygen atoms in total. The van der Waals surface area contributed by atoms with Gasteiger partial charge in [0.25, 0.3) is 0 Å². The summed E-state index contributed by atoms with van der Waals surface area (Å²) < 4.78 is 0. The summed E-state index contributed by atoms with van der Waals surface area (Å²) in [5, 5.41) is 3.69. The van der Waals surface area contributed by atoms with Crippen LogP contribution in [0.1, 0.15) is 24.3 Å². The minimum atomic E-state index is 0.559. The van der Waals surface area contributed by atoms with Crippen molar-refractivity contribution in [2.45, 2.75) is 18.8 Å². The number of pyridine rings is 1. The summed E-state index contributed by atoms with van der Waals surface area (Å²) in [5.74, 6) is 0.720. The average Bonchev–Trinajstić information content (AvgIpc) is 2.87. The molecule has 0 amide bonds. The first kappa shape index (κ1) is 7.87. The Balaban J connectivity index is 2.38. The lowest BCUT2D eigenvalue weighted by molar-refractivity contribution is 1.09. The fourth-order valence-corrected chi connectivity index (χ4v) is 1.53. The quantitative estimate of drug-likeness (QED) is 0.712. The Kier molecular flexibility index (Phi) is 1.93. The van der Waals surface area contributed by atoms with Gasteiger partial charge in [0.2, 0.25) is 0 Å². The second-order valence-electron chi connectivity index (χ2n) is 3.12. The predicted octanol–water partition coefficient (Wildman–Crippen LogP) is 2.65. The Morgan fingerprint density at radius 3 is 2.92 bits per heavy atom. The van der Waals surface area contributed by atoms with Gasteiger partial charge in [-0.25, -0.2) is 4.98 Å². The third-order valence-electron chi connectivity index (χ3n) is 2.19. The molecule has 3 heteroatoms. The standard InChI is InChI=1S/C9H11ClN2/c1-11-8-4-9(10)12-5-7(8)6-2-3-6/h4-6H,2-3H2,1H3,(H,11,12). The van der Waals surface area contributed by atoms with E-state index in [1.54, 1.807) is 0 Å². The molecule has 0 bridgehead atoms. The highest BCUT2D eigenvalue weighted by Gasteiger charge is 2.26. The van der Waals surface area contributed by atoms with E-state index in [0.717, 1.165) is 11.6 Å². The third-order valence-corrected chi connectivity index (χ3v) is 2.39. The molecule has 1 fully saturated rings. The van der Waals surface area contributed by atoms with Gasteiger partial charge in [-0.15, -0.1) is 0 Å². The van der Waals surface area contributed by atoms with E-state index < -0.39 is 0 Å². The van der Waals surface area contributed by atoms with Gasteiger partial charge in [0.1, 0.15) is 5.15 Å². The van der Waals surface area contributed by atoms with Crippen LogP contribution < -0.4 is 5.32 Å². The highest BCUT2D eigenvalue weighted by Crippen LogP contribution is 2.43. The Bertz CT molecular complexity index is 295. The Morgan fingerprint density at radius 2 is 2.33 bits per heavy atom. The van der Waals surface area contributed by atoms with Crippen molar-refractivity contribution >= 4 is 17.3 Å². The van der Waals surface area contributed by atoms with Gasteiger partial charge >= 0.3 is 0 Å². The summed E-state index contributed by atoms with van der Waals surface area (Å²) >= 11 is 5.77. The van der Waals surface area contributed by atoms with E-state index in [-0.39, 0.29) is 0 Å². The fraction of sp³-hybridized carbons (Fsp3) is 0.444. The van der Waals surface area contributed by atoms with E-state index in [9.17, 15) is 0 Å². The molecular formula is C9H11ClN2. The largest absolute Gasteiger partial charge is 0.388 e. The van der Waals surface area contributed by atoms with Gasteiger partial charge in [-0.05, 0) is 30.4 Å². The molecule has 0 saturated heterocycles. The maximum Gasteiger partial charge on any atom is 0.131 e. The number of anilines is 1. The van der Waals surface area contributed by atoms with Crippen molar-refractivity contribution in [3.05, 3.63) is 23.0 Å². The molecule has 1 aliphatic carbocycles. The zero-order valence-corrected chi connectivity index (χ0v) is 7.73. The SMILES string of the molecule is CNc1cc(Cl)ncc1C1CC1. The molecule has 1 N–H and O–H groups in total. The number of halogens is 1. The molecule has 1 aliphatic rings. The number of nitrogens with zero attached hydrogens (tertiary/aromatic N) is 1. The van der Waals surface area contributed by atoms with Crippen molar-refractivity contribution in [1.29, 1.82) is 0 Å². The summed E-state index contributed by atoms with van der Waals surface area (Å²) in [5.41, 5.74) is 2.43. The van der Waals surface area contributed by atoms with Crippen molar-refractivity contribution in [2.24, 2.45) is 0 Å². The van der Waals surface area contributed by atoms with Gasteiger partial charge in [0, 0.05) is 18.9 Å². The number of rotatable bonds is 2. The van der Waals surface area contributed by atoms with Crippen molar-refractivity contribution in [3.63, 3.8) is 0 Å². The molecule has 1 aromatic heterocycles. The van der Waals surface area contributed by atoms with E-state index in [1.165, 1.54) is 18.4 Å². The smallest absolute Gasteiger partial charge is 0.131 e. The summed E-state index contributed by atoms with van der Waals surface area (Å²) in [6.07, 6.45) is 4.46. The van der Waals surface area contributed by atoms with Crippen LogP contribution in [0.4, 0.5) is 5.69 Å². The van der Waals surface area contributed by atoms with E-state index in [1.807, 2.05) is 19.3 Å². The van der Waals surface area contributed by atoms with Crippen LogP contribution >= 0.6 is 11.6 Å². The first-order chi connectivity index (χ1) is 5.81. The minimum absolute atomic E-state index is 0.559. The molecule has 0 atom stereocenters. The van der Waals surface area contributed by atoms with Crippen LogP contribution in [0.3, 0.4) is 0 Å². The van der Waals surface area contributed by atoms with Gasteiger partial charge in [-0.2, -0.15) is 0 Å². The van der Waals surface area contributed by atoms with Crippen LogP contribution in [0.15, 0.2) is 12.3 Å². The number of aromatic nitrogens is 1. The van der Waals surface area contributed by atoms with E-state index in [2.05, 4.69) is 10.3 Å². The number of hydrogen-bond acceptors (Lipinski definition) is 2. The van der Waals surface area contributed by atoms with Crippen LogP contribution in [0.5, 0.6) is 0 Å². The average molecular weight is 183 g/mol. The molecule has 0 aliphatic heterocycles. The molecule has 0 aromatic carbocycles. The van der Waals surface area contributed by atoms with Crippen molar-refractivity contribution in [2.75, 3.05) is 12.4 Å². The minimum Gasteiger partial charge on any atom is -0.388 e. The number of hydrogen-bond donors (Lipinski definition) is 1. The highest BCUT2D eigenvalue weighted by molar-refractivity contribution is 6.29. The lowest BCUT2D eigenvalue weighted by Gasteiger charge is -2.06. The van der Waals surface area contributed by atoms with Gasteiger partial charge < -0.3 is 5.32 Å². The normalized spacial score (nSPS) is 16.2. The predicted molar refractivity (Wildman–Crippen MR) is 50.8 cm³/mol. The highest BCUT2D eigenvalue weighted by atomic mass is 35.5. The lowest BCUT2D eigenvalue weighted by Crippen LogP contribution is -1.95. The van der Waals surface area contributed by atoms with E-state index in [4.69, 9.17) is 11.6 Å². The molecular weight excluding hydrogens is 172 g/mol. The van der Waals surface area contributed by atoms with Crippen LogP contribution in [0, 0.1) is 0 Å². The maximum atomic E-state index is 5.77. The molecule has 0 radical (unpaired) electrons. The first-order valence-electron chi connectivity index (χ1n) is 4.14. The van der Waals surface area contributed by atoms with Crippen LogP contribution in [0.2, 0.25) is 5.15 Å². The van der Waals surface area contributed by atoms with E-state index in [0.29, 0.717) is 5.15 Å². The second kappa shape index (κ2) is 2.94. The Morgan fingerprint density at radius 1 is 1.58 bits per heavy atom. The molecule has 0 spiro atoms. The van der Waals surface area contributed by atoms with Crippen molar-refractivity contribution in [1.82, 2.24) is 4.98 Å². The number of nitrogens with one attached hydrogen (secondary N) is 1. The molecule has 1 aromatic rings. The maximum absolute atomic E-state index is 5.77. The summed E-state index contributed by atoms with van der Waals surface area (Å²) in [6.45, 7) is 0. The van der Waals surface area contributed by atoms with Crippen LogP contribution in [-0.4, -0.2) is 12.0 Å². The monoisotopic (exact) mass is 182 g/mol. The fourth-order valence-electron chi connectivity index (χ4n) is 1.38. The Labute approximate surface area is 77.0 Å². The molecule has 0 unspecified atom stereocenters. The van der Waals surface area contributed by atoms with Gasteiger partial charge in [-0.3, -0.25) is 0 Å². The van der Waals surface area contributed by atoms with Gasteiger partial charge in [0.15, 0.2) is 0 Å². The Hall–Kier alpha value is -0.760. The van der Waals surface area contributed by atoms with Gasteiger partial charge in [-0.1, -0.05) is 11.6 Å². The summed E-state index contributed by atoms with van der Waals surface area (Å²) in [4.78, 5) is 4.07. The van der Waals surface area contributed by atoms with Crippen LogP contribution in [0.25, 0.3) is 0 Å². The molecule has 1 saturated carbocycles. The van der Waals surface area contributed by atoms with Crippen molar-refractivity contribution in [3.8, 4) is 0 Å². The zero-order valence-electron chi connectivity index (χ0n) is 6.97. The zero-order chi connectivity index (χ0) is 8.55. The molecule has 2 rings (SSSR count). The molecule has 64 valence electrons. The second-order valence-corrected chi connectivity index (χ2v) is 3.51.